The second kappa shape index (κ2) is 8.17. The van der Waals surface area contributed by atoms with Gasteiger partial charge in [-0.25, -0.2) is 10.4 Å². The van der Waals surface area contributed by atoms with Crippen molar-refractivity contribution in [1.29, 1.82) is 0 Å². The van der Waals surface area contributed by atoms with Crippen molar-refractivity contribution in [3.63, 3.8) is 0 Å². The summed E-state index contributed by atoms with van der Waals surface area (Å²) in [6.45, 7) is 2.38. The van der Waals surface area contributed by atoms with E-state index in [1.165, 1.54) is 0 Å². The average molecular weight is 155 g/mol. The Morgan fingerprint density at radius 2 is 2.00 bits per heavy atom. The number of hydroxylamine groups is 2. The lowest BCUT2D eigenvalue weighted by atomic mass is 10.2. The molecule has 1 unspecified atom stereocenters. The van der Waals surface area contributed by atoms with Crippen molar-refractivity contribution in [3.05, 3.63) is 5.21 Å². The first-order chi connectivity index (χ1) is 3.77. The molecule has 0 heterocycles. The fourth-order valence-electron chi connectivity index (χ4n) is 0.526. The lowest BCUT2D eigenvalue weighted by Crippen LogP contribution is -3.04. The summed E-state index contributed by atoms with van der Waals surface area (Å²) in [5.41, 5.74) is 0. The largest absolute Gasteiger partial charge is 1.00 e. The third-order valence-electron chi connectivity index (χ3n) is 0.994. The highest BCUT2D eigenvalue weighted by molar-refractivity contribution is 4.31. The molecule has 0 saturated carbocycles. The predicted octanol–water partition coefficient (Wildman–Crippen LogP) is -3.05. The van der Waals surface area contributed by atoms with E-state index in [0.29, 0.717) is 6.54 Å². The molecule has 0 aliphatic carbocycles. The van der Waals surface area contributed by atoms with Gasteiger partial charge in [0, 0.05) is 0 Å². The van der Waals surface area contributed by atoms with Gasteiger partial charge in [0.05, 0.1) is 0 Å². The standard InChI is InChI=1S/C5H13NO2.ClH/c1-2-3-4-5-6(7)8;/h6-7H,2-5H2,1H3;1H/p-1. The molecule has 0 aromatic heterocycles. The summed E-state index contributed by atoms with van der Waals surface area (Å²) in [5, 5.41) is 17.3. The monoisotopic (exact) mass is 154 g/mol. The Balaban J connectivity index is 0. The second-order valence-corrected chi connectivity index (χ2v) is 1.85. The minimum Gasteiger partial charge on any atom is -1.00 e. The van der Waals surface area contributed by atoms with Crippen molar-refractivity contribution in [2.75, 3.05) is 6.54 Å². The van der Waals surface area contributed by atoms with Crippen LogP contribution in [0.15, 0.2) is 0 Å². The summed E-state index contributed by atoms with van der Waals surface area (Å²) >= 11 is 0. The summed E-state index contributed by atoms with van der Waals surface area (Å²) in [6, 6.07) is 0. The van der Waals surface area contributed by atoms with Gasteiger partial charge in [0.15, 0.2) is 0 Å². The Kier molecular flexibility index (Phi) is 10.8. The van der Waals surface area contributed by atoms with Crippen LogP contribution in [0.4, 0.5) is 0 Å². The van der Waals surface area contributed by atoms with Crippen LogP contribution in [-0.2, 0) is 0 Å². The van der Waals surface area contributed by atoms with Crippen LogP contribution in [0.3, 0.4) is 0 Å². The van der Waals surface area contributed by atoms with E-state index >= 15 is 0 Å². The van der Waals surface area contributed by atoms with Crippen molar-refractivity contribution < 1.29 is 22.8 Å². The van der Waals surface area contributed by atoms with Crippen LogP contribution >= 0.6 is 0 Å². The average Bonchev–Trinajstić information content (AvgIpc) is 1.66. The molecule has 4 heteroatoms. The van der Waals surface area contributed by atoms with Gasteiger partial charge in [0.1, 0.15) is 6.54 Å². The number of quaternary nitrogens is 1. The summed E-state index contributed by atoms with van der Waals surface area (Å²) in [7, 11) is 0. The van der Waals surface area contributed by atoms with Gasteiger partial charge in [0.25, 0.3) is 0 Å². The molecule has 0 bridgehead atoms. The van der Waals surface area contributed by atoms with E-state index in [2.05, 4.69) is 6.92 Å². The van der Waals surface area contributed by atoms with Crippen molar-refractivity contribution in [3.8, 4) is 0 Å². The Hall–Kier alpha value is 0.170. The summed E-state index contributed by atoms with van der Waals surface area (Å²) in [5.74, 6) is 0. The van der Waals surface area contributed by atoms with Crippen LogP contribution in [0, 0.1) is 5.21 Å². The SMILES string of the molecule is CCCCC[NH+]([O-])O.[Cl-]. The zero-order chi connectivity index (χ0) is 6.41. The quantitative estimate of drug-likeness (QED) is 0.334. The molecule has 9 heavy (non-hydrogen) atoms. The van der Waals surface area contributed by atoms with E-state index in [1.807, 2.05) is 0 Å². The molecular formula is C5H13ClNO2-. The molecule has 0 rings (SSSR count). The number of hydrogen-bond acceptors (Lipinski definition) is 2. The fraction of sp³-hybridized carbons (Fsp3) is 1.00. The maximum absolute atomic E-state index is 9.87. The van der Waals surface area contributed by atoms with E-state index in [-0.39, 0.29) is 12.4 Å². The van der Waals surface area contributed by atoms with Crippen LogP contribution in [0.25, 0.3) is 0 Å². The Bertz CT molecular complexity index is 52.2. The normalized spacial score (nSPS) is 12.3. The van der Waals surface area contributed by atoms with Gasteiger partial charge in [-0.1, -0.05) is 13.3 Å². The molecule has 0 spiro atoms. The summed E-state index contributed by atoms with van der Waals surface area (Å²) in [4.78, 5) is 0. The van der Waals surface area contributed by atoms with Crippen molar-refractivity contribution >= 4 is 0 Å². The first-order valence-electron chi connectivity index (χ1n) is 2.99. The molecule has 1 atom stereocenters. The highest BCUT2D eigenvalue weighted by atomic mass is 35.5. The van der Waals surface area contributed by atoms with Crippen LogP contribution < -0.4 is 17.6 Å². The molecule has 0 aromatic carbocycles. The van der Waals surface area contributed by atoms with Crippen LogP contribution in [-0.4, -0.2) is 11.8 Å². The lowest BCUT2D eigenvalue weighted by molar-refractivity contribution is -1.05. The molecular weight excluding hydrogens is 142 g/mol. The maximum Gasteiger partial charge on any atom is 0.106 e. The number of nitrogens with one attached hydrogen (secondary N) is 1. The van der Waals surface area contributed by atoms with E-state index in [9.17, 15) is 5.21 Å². The zero-order valence-corrected chi connectivity index (χ0v) is 6.32. The van der Waals surface area contributed by atoms with Crippen LogP contribution in [0.5, 0.6) is 0 Å². The van der Waals surface area contributed by atoms with Gasteiger partial charge in [-0.05, 0) is 12.8 Å². The first-order valence-corrected chi connectivity index (χ1v) is 2.99. The first kappa shape index (κ1) is 11.9. The highest BCUT2D eigenvalue weighted by Crippen LogP contribution is 1.88. The number of hydrogen-bond donors (Lipinski definition) is 2. The van der Waals surface area contributed by atoms with Crippen LogP contribution in [0.2, 0.25) is 0 Å². The van der Waals surface area contributed by atoms with Gasteiger partial charge in [-0.3, -0.25) is 0 Å². The molecule has 0 saturated heterocycles. The Morgan fingerprint density at radius 1 is 1.44 bits per heavy atom. The number of halogens is 1. The topological polar surface area (TPSA) is 47.7 Å². The van der Waals surface area contributed by atoms with Gasteiger partial charge in [-0.2, -0.15) is 0 Å². The number of unbranched alkanes of at least 4 members (excludes halogenated alkanes) is 2. The second-order valence-electron chi connectivity index (χ2n) is 1.85. The van der Waals surface area contributed by atoms with Gasteiger partial charge in [0.2, 0.25) is 0 Å². The van der Waals surface area contributed by atoms with Crippen molar-refractivity contribution in [2.24, 2.45) is 0 Å². The highest BCUT2D eigenvalue weighted by Gasteiger charge is 1.88. The molecule has 0 radical (unpaired) electrons. The molecule has 0 amide bonds. The fourth-order valence-corrected chi connectivity index (χ4v) is 0.526. The third-order valence-corrected chi connectivity index (χ3v) is 0.994. The minimum absolute atomic E-state index is 0. The number of rotatable bonds is 4. The minimum atomic E-state index is -0.682. The van der Waals surface area contributed by atoms with E-state index in [0.717, 1.165) is 19.3 Å². The van der Waals surface area contributed by atoms with Gasteiger partial charge < -0.3 is 17.6 Å². The van der Waals surface area contributed by atoms with Gasteiger partial charge >= 0.3 is 0 Å². The van der Waals surface area contributed by atoms with Crippen molar-refractivity contribution in [2.45, 2.75) is 26.2 Å². The molecule has 0 aliphatic rings. The molecule has 2 N–H and O–H groups in total. The Labute approximate surface area is 61.6 Å². The third kappa shape index (κ3) is 11.6. The molecule has 0 aromatic rings. The van der Waals surface area contributed by atoms with E-state index in [4.69, 9.17) is 5.21 Å². The van der Waals surface area contributed by atoms with Crippen molar-refractivity contribution in [1.82, 2.24) is 0 Å². The molecule has 58 valence electrons. The summed E-state index contributed by atoms with van der Waals surface area (Å²) in [6.07, 6.45) is 2.95. The zero-order valence-electron chi connectivity index (χ0n) is 5.56. The Morgan fingerprint density at radius 3 is 2.33 bits per heavy atom. The van der Waals surface area contributed by atoms with Gasteiger partial charge in [-0.15, -0.1) is 0 Å². The van der Waals surface area contributed by atoms with Crippen LogP contribution in [0.1, 0.15) is 26.2 Å². The maximum atomic E-state index is 9.87. The molecule has 3 nitrogen and oxygen atoms in total. The summed E-state index contributed by atoms with van der Waals surface area (Å²) < 4.78 is 0. The predicted molar refractivity (Wildman–Crippen MR) is 30.5 cm³/mol. The molecule has 0 aliphatic heterocycles. The lowest BCUT2D eigenvalue weighted by Gasteiger charge is -2.10. The van der Waals surface area contributed by atoms with E-state index < -0.39 is 5.23 Å². The smallest absolute Gasteiger partial charge is 0.106 e. The van der Waals surface area contributed by atoms with E-state index in [1.54, 1.807) is 0 Å². The molecule has 0 fully saturated rings.